The van der Waals surface area contributed by atoms with Gasteiger partial charge in [-0.3, -0.25) is 0 Å². The maximum Gasteiger partial charge on any atom is 0.193 e. The first-order valence-electron chi connectivity index (χ1n) is 4.89. The molecule has 0 aromatic carbocycles. The number of nitrogens with two attached hydrogens (primary N) is 1. The topological polar surface area (TPSA) is 62.9 Å². The highest BCUT2D eigenvalue weighted by Crippen LogP contribution is 2.11. The molecule has 1 rings (SSSR count). The lowest BCUT2D eigenvalue weighted by Gasteiger charge is -2.24. The Balaban J connectivity index is 2.17. The summed E-state index contributed by atoms with van der Waals surface area (Å²) < 4.78 is 7.39. The smallest absolute Gasteiger partial charge is 0.193 e. The fourth-order valence-electron chi connectivity index (χ4n) is 1.04. The number of hydrogen-bond donors (Lipinski definition) is 2. The van der Waals surface area contributed by atoms with Crippen molar-refractivity contribution in [1.29, 1.82) is 0 Å². The second kappa shape index (κ2) is 6.92. The molecule has 0 aliphatic carbocycles. The molecule has 3 N–H and O–H groups in total. The number of morpholine rings is 1. The van der Waals surface area contributed by atoms with Crippen molar-refractivity contribution in [3.05, 3.63) is 0 Å². The molecule has 6 heteroatoms. The van der Waals surface area contributed by atoms with Crippen molar-refractivity contribution in [1.82, 2.24) is 9.73 Å². The Morgan fingerprint density at radius 2 is 2.29 bits per heavy atom. The average Bonchev–Trinajstić information content (AvgIpc) is 2.20. The highest BCUT2D eigenvalue weighted by atomic mass is 32.2. The van der Waals surface area contributed by atoms with E-state index in [1.165, 1.54) is 11.9 Å². The van der Waals surface area contributed by atoms with E-state index in [0.717, 1.165) is 39.3 Å². The predicted octanol–water partition coefficient (Wildman–Crippen LogP) is 0.196. The molecule has 0 aromatic heterocycles. The van der Waals surface area contributed by atoms with Crippen molar-refractivity contribution in [2.45, 2.75) is 13.3 Å². The van der Waals surface area contributed by atoms with E-state index in [1.54, 1.807) is 0 Å². The monoisotopic (exact) mass is 218 g/mol. The second-order valence-electron chi connectivity index (χ2n) is 2.99. The molecule has 1 aliphatic rings. The predicted molar refractivity (Wildman–Crippen MR) is 59.9 cm³/mol. The van der Waals surface area contributed by atoms with Crippen LogP contribution in [0.25, 0.3) is 0 Å². The minimum atomic E-state index is 0.570. The fraction of sp³-hybridized carbons (Fsp3) is 0.875. The maximum atomic E-state index is 5.71. The second-order valence-corrected chi connectivity index (χ2v) is 4.11. The Bertz CT molecular complexity index is 182. The summed E-state index contributed by atoms with van der Waals surface area (Å²) in [4.78, 5) is 0. The van der Waals surface area contributed by atoms with Gasteiger partial charge in [0, 0.05) is 19.6 Å². The van der Waals surface area contributed by atoms with Gasteiger partial charge in [0.2, 0.25) is 0 Å². The number of nitrogens with zero attached hydrogens (tertiary/aromatic N) is 2. The Morgan fingerprint density at radius 3 is 2.93 bits per heavy atom. The number of amidine groups is 1. The molecule has 82 valence electrons. The normalized spacial score (nSPS) is 19.6. The molecule has 0 spiro atoms. The molecule has 0 amide bonds. The van der Waals surface area contributed by atoms with Crippen molar-refractivity contribution in [3.63, 3.8) is 0 Å². The van der Waals surface area contributed by atoms with Gasteiger partial charge >= 0.3 is 0 Å². The van der Waals surface area contributed by atoms with Crippen LogP contribution in [0.3, 0.4) is 0 Å². The molecule has 0 atom stereocenters. The molecular formula is C8H18N4OS. The van der Waals surface area contributed by atoms with Gasteiger partial charge in [-0.15, -0.1) is 0 Å². The molecule has 0 unspecified atom stereocenters. The molecule has 1 saturated heterocycles. The van der Waals surface area contributed by atoms with Gasteiger partial charge in [0.15, 0.2) is 5.17 Å². The van der Waals surface area contributed by atoms with Crippen LogP contribution in [-0.2, 0) is 4.74 Å². The standard InChI is InChI=1S/C8H18N4OS/c1-2-3-10-11-8(9)14-12-4-6-13-7-5-12/h10H,2-7H2,1H3,(H2,9,11). The van der Waals surface area contributed by atoms with Crippen LogP contribution in [0, 0.1) is 0 Å². The van der Waals surface area contributed by atoms with Crippen molar-refractivity contribution in [3.8, 4) is 0 Å². The van der Waals surface area contributed by atoms with Gasteiger partial charge < -0.3 is 15.9 Å². The molecule has 1 heterocycles. The zero-order valence-corrected chi connectivity index (χ0v) is 9.35. The fourth-order valence-corrected chi connectivity index (χ4v) is 1.74. The molecule has 0 aromatic rings. The number of nitrogens with one attached hydrogen (secondary N) is 1. The van der Waals surface area contributed by atoms with E-state index >= 15 is 0 Å². The van der Waals surface area contributed by atoms with Crippen molar-refractivity contribution in [2.24, 2.45) is 10.8 Å². The summed E-state index contributed by atoms with van der Waals surface area (Å²) in [7, 11) is 0. The SMILES string of the molecule is CCCNN=C(N)SN1CCOCC1. The van der Waals surface area contributed by atoms with Crippen LogP contribution in [-0.4, -0.2) is 42.3 Å². The Kier molecular flexibility index (Phi) is 5.74. The van der Waals surface area contributed by atoms with E-state index < -0.39 is 0 Å². The van der Waals surface area contributed by atoms with Gasteiger partial charge in [-0.05, 0) is 18.4 Å². The van der Waals surface area contributed by atoms with Gasteiger partial charge in [-0.2, -0.15) is 5.10 Å². The van der Waals surface area contributed by atoms with Gasteiger partial charge in [0.1, 0.15) is 0 Å². The summed E-state index contributed by atoms with van der Waals surface area (Å²) in [5.41, 5.74) is 8.62. The van der Waals surface area contributed by atoms with Gasteiger partial charge in [-0.25, -0.2) is 4.31 Å². The van der Waals surface area contributed by atoms with E-state index in [9.17, 15) is 0 Å². The Hall–Kier alpha value is -0.460. The minimum Gasteiger partial charge on any atom is -0.379 e. The molecule has 14 heavy (non-hydrogen) atoms. The number of hydrogen-bond acceptors (Lipinski definition) is 5. The third-order valence-corrected chi connectivity index (χ3v) is 2.65. The van der Waals surface area contributed by atoms with Crippen LogP contribution in [0.1, 0.15) is 13.3 Å². The van der Waals surface area contributed by atoms with Crippen LogP contribution < -0.4 is 11.2 Å². The highest BCUT2D eigenvalue weighted by Gasteiger charge is 2.12. The molecular weight excluding hydrogens is 200 g/mol. The molecule has 0 bridgehead atoms. The number of hydrazone groups is 1. The first kappa shape index (κ1) is 11.6. The van der Waals surface area contributed by atoms with Crippen LogP contribution in [0.5, 0.6) is 0 Å². The van der Waals surface area contributed by atoms with E-state index in [0.29, 0.717) is 5.17 Å². The largest absolute Gasteiger partial charge is 0.379 e. The van der Waals surface area contributed by atoms with Gasteiger partial charge in [0.25, 0.3) is 0 Å². The molecule has 1 aliphatic heterocycles. The summed E-state index contributed by atoms with van der Waals surface area (Å²) in [6, 6.07) is 0. The van der Waals surface area contributed by atoms with Gasteiger partial charge in [-0.1, -0.05) is 6.92 Å². The third-order valence-electron chi connectivity index (χ3n) is 1.74. The summed E-state index contributed by atoms with van der Waals surface area (Å²) in [5.74, 6) is 0. The molecule has 5 nitrogen and oxygen atoms in total. The molecule has 0 radical (unpaired) electrons. The average molecular weight is 218 g/mol. The van der Waals surface area contributed by atoms with E-state index in [4.69, 9.17) is 10.5 Å². The Labute approximate surface area is 89.2 Å². The van der Waals surface area contributed by atoms with Crippen molar-refractivity contribution in [2.75, 3.05) is 32.8 Å². The maximum absolute atomic E-state index is 5.71. The van der Waals surface area contributed by atoms with Gasteiger partial charge in [0.05, 0.1) is 13.2 Å². The quantitative estimate of drug-likeness (QED) is 0.232. The Morgan fingerprint density at radius 1 is 1.57 bits per heavy atom. The third kappa shape index (κ3) is 4.69. The van der Waals surface area contributed by atoms with Crippen LogP contribution >= 0.6 is 11.9 Å². The first-order valence-corrected chi connectivity index (χ1v) is 5.67. The number of rotatable bonds is 4. The highest BCUT2D eigenvalue weighted by molar-refractivity contribution is 8.11. The van der Waals surface area contributed by atoms with Crippen LogP contribution in [0.4, 0.5) is 0 Å². The summed E-state index contributed by atoms with van der Waals surface area (Å²) in [6.45, 7) is 6.34. The summed E-state index contributed by atoms with van der Waals surface area (Å²) in [5, 5.41) is 4.60. The number of ether oxygens (including phenoxy) is 1. The van der Waals surface area contributed by atoms with Crippen LogP contribution in [0.15, 0.2) is 5.10 Å². The minimum absolute atomic E-state index is 0.570. The van der Waals surface area contributed by atoms with E-state index in [-0.39, 0.29) is 0 Å². The summed E-state index contributed by atoms with van der Waals surface area (Å²) in [6.07, 6.45) is 1.05. The zero-order chi connectivity index (χ0) is 10.2. The first-order chi connectivity index (χ1) is 6.83. The summed E-state index contributed by atoms with van der Waals surface area (Å²) >= 11 is 1.49. The van der Waals surface area contributed by atoms with E-state index in [1.807, 2.05) is 0 Å². The lowest BCUT2D eigenvalue weighted by atomic mass is 10.5. The van der Waals surface area contributed by atoms with Crippen LogP contribution in [0.2, 0.25) is 0 Å². The molecule has 1 fully saturated rings. The molecule has 0 saturated carbocycles. The van der Waals surface area contributed by atoms with E-state index in [2.05, 4.69) is 21.8 Å². The van der Waals surface area contributed by atoms with Crippen molar-refractivity contribution < 1.29 is 4.74 Å². The van der Waals surface area contributed by atoms with Crippen molar-refractivity contribution >= 4 is 17.1 Å². The lowest BCUT2D eigenvalue weighted by molar-refractivity contribution is 0.0777. The zero-order valence-electron chi connectivity index (χ0n) is 8.53. The lowest BCUT2D eigenvalue weighted by Crippen LogP contribution is -2.33.